The molecule has 0 aliphatic rings. The molecule has 0 fully saturated rings. The van der Waals surface area contributed by atoms with Gasteiger partial charge in [0.1, 0.15) is 0 Å². The fourth-order valence-electron chi connectivity index (χ4n) is 2.14. The van der Waals surface area contributed by atoms with Crippen LogP contribution in [0.15, 0.2) is 5.38 Å². The minimum atomic E-state index is 0.523. The average molecular weight is 319 g/mol. The first-order chi connectivity index (χ1) is 9.71. The van der Waals surface area contributed by atoms with Gasteiger partial charge in [-0.15, -0.1) is 22.9 Å². The van der Waals surface area contributed by atoms with Gasteiger partial charge in [0.15, 0.2) is 0 Å². The number of rotatable bonds is 11. The predicted octanol–water partition coefficient (Wildman–Crippen LogP) is 3.95. The molecule has 1 aromatic rings. The number of methoxy groups -OCH3 is 1. The first-order valence-corrected chi connectivity index (χ1v) is 8.84. The lowest BCUT2D eigenvalue weighted by molar-refractivity contribution is 0.121. The first kappa shape index (κ1) is 17.9. The van der Waals surface area contributed by atoms with Crippen molar-refractivity contribution in [2.24, 2.45) is 0 Å². The number of ether oxygens (including phenoxy) is 1. The Labute approximate surface area is 132 Å². The molecule has 0 N–H and O–H groups in total. The van der Waals surface area contributed by atoms with E-state index in [-0.39, 0.29) is 0 Å². The van der Waals surface area contributed by atoms with Crippen molar-refractivity contribution >= 4 is 22.9 Å². The Kier molecular flexibility index (Phi) is 9.44. The Balaban J connectivity index is 2.25. The Hall–Kier alpha value is -0.160. The second kappa shape index (κ2) is 10.6. The molecule has 0 bridgehead atoms. The lowest BCUT2D eigenvalue weighted by atomic mass is 10.2. The van der Waals surface area contributed by atoms with Gasteiger partial charge in [0, 0.05) is 25.1 Å². The molecular weight excluding hydrogens is 292 g/mol. The summed E-state index contributed by atoms with van der Waals surface area (Å²) in [4.78, 5) is 7.02. The summed E-state index contributed by atoms with van der Waals surface area (Å²) in [5.41, 5.74) is 1.01. The van der Waals surface area contributed by atoms with Crippen LogP contribution in [-0.2, 0) is 17.0 Å². The lowest BCUT2D eigenvalue weighted by Crippen LogP contribution is -2.36. The molecule has 1 atom stereocenters. The van der Waals surface area contributed by atoms with Gasteiger partial charge in [-0.1, -0.05) is 6.92 Å². The molecule has 0 amide bonds. The summed E-state index contributed by atoms with van der Waals surface area (Å²) < 4.78 is 5.20. The van der Waals surface area contributed by atoms with E-state index in [9.17, 15) is 0 Å². The standard InChI is InChI=1S/C15H27ClN2OS/c1-4-13(2)18(9-10-19-3)8-6-5-7-15-17-14(11-16)12-20-15/h12-13H,4-11H2,1-3H3. The molecule has 0 radical (unpaired) electrons. The zero-order valence-corrected chi connectivity index (χ0v) is 14.5. The topological polar surface area (TPSA) is 25.4 Å². The highest BCUT2D eigenvalue weighted by molar-refractivity contribution is 7.09. The van der Waals surface area contributed by atoms with Crippen molar-refractivity contribution in [3.05, 3.63) is 16.1 Å². The van der Waals surface area contributed by atoms with Crippen molar-refractivity contribution in [3.63, 3.8) is 0 Å². The molecule has 0 aliphatic carbocycles. The van der Waals surface area contributed by atoms with Crippen LogP contribution in [0, 0.1) is 0 Å². The number of hydrogen-bond donors (Lipinski definition) is 0. The fourth-order valence-corrected chi connectivity index (χ4v) is 3.20. The molecule has 0 saturated carbocycles. The molecule has 3 nitrogen and oxygen atoms in total. The van der Waals surface area contributed by atoms with E-state index in [1.165, 1.54) is 24.3 Å². The van der Waals surface area contributed by atoms with Crippen LogP contribution in [0.1, 0.15) is 43.8 Å². The summed E-state index contributed by atoms with van der Waals surface area (Å²) in [6.45, 7) is 7.53. The second-order valence-electron chi connectivity index (χ2n) is 5.11. The van der Waals surface area contributed by atoms with Crippen LogP contribution >= 0.6 is 22.9 Å². The zero-order chi connectivity index (χ0) is 14.8. The molecule has 20 heavy (non-hydrogen) atoms. The first-order valence-electron chi connectivity index (χ1n) is 7.43. The highest BCUT2D eigenvalue weighted by Gasteiger charge is 2.11. The van der Waals surface area contributed by atoms with E-state index >= 15 is 0 Å². The minimum absolute atomic E-state index is 0.523. The van der Waals surface area contributed by atoms with Crippen molar-refractivity contribution in [2.45, 2.75) is 51.5 Å². The van der Waals surface area contributed by atoms with Gasteiger partial charge in [-0.2, -0.15) is 0 Å². The number of aryl methyl sites for hydroxylation is 1. The zero-order valence-electron chi connectivity index (χ0n) is 12.9. The number of alkyl halides is 1. The quantitative estimate of drug-likeness (QED) is 0.456. The molecule has 0 aliphatic heterocycles. The second-order valence-corrected chi connectivity index (χ2v) is 6.32. The van der Waals surface area contributed by atoms with Gasteiger partial charge in [-0.05, 0) is 39.2 Å². The van der Waals surface area contributed by atoms with Crippen molar-refractivity contribution < 1.29 is 4.74 Å². The fraction of sp³-hybridized carbons (Fsp3) is 0.800. The van der Waals surface area contributed by atoms with Crippen LogP contribution in [0.4, 0.5) is 0 Å². The Morgan fingerprint density at radius 2 is 2.20 bits per heavy atom. The summed E-state index contributed by atoms with van der Waals surface area (Å²) in [6.07, 6.45) is 4.66. The van der Waals surface area contributed by atoms with Gasteiger partial charge in [0.25, 0.3) is 0 Å². The van der Waals surface area contributed by atoms with Gasteiger partial charge in [-0.3, -0.25) is 4.90 Å². The van der Waals surface area contributed by atoms with E-state index in [2.05, 4.69) is 29.1 Å². The van der Waals surface area contributed by atoms with E-state index in [1.807, 2.05) is 0 Å². The van der Waals surface area contributed by atoms with Crippen LogP contribution in [0.3, 0.4) is 0 Å². The summed E-state index contributed by atoms with van der Waals surface area (Å²) in [6, 6.07) is 0.632. The molecule has 5 heteroatoms. The van der Waals surface area contributed by atoms with Crippen molar-refractivity contribution in [3.8, 4) is 0 Å². The maximum atomic E-state index is 5.77. The third-order valence-electron chi connectivity index (χ3n) is 3.62. The largest absolute Gasteiger partial charge is 0.383 e. The van der Waals surface area contributed by atoms with Crippen molar-refractivity contribution in [2.75, 3.05) is 26.8 Å². The van der Waals surface area contributed by atoms with Gasteiger partial charge in [-0.25, -0.2) is 4.98 Å². The molecule has 1 rings (SSSR count). The number of hydrogen-bond acceptors (Lipinski definition) is 4. The Morgan fingerprint density at radius 3 is 2.80 bits per heavy atom. The molecule has 0 spiro atoms. The van der Waals surface area contributed by atoms with Crippen LogP contribution in [0.5, 0.6) is 0 Å². The number of nitrogens with zero attached hydrogens (tertiary/aromatic N) is 2. The molecular formula is C15H27ClN2OS. The SMILES string of the molecule is CCC(C)N(CCCCc1nc(CCl)cs1)CCOC. The average Bonchev–Trinajstić information content (AvgIpc) is 2.93. The number of thiazole rings is 1. The summed E-state index contributed by atoms with van der Waals surface area (Å²) >= 11 is 7.50. The number of unbranched alkanes of at least 4 members (excludes halogenated alkanes) is 1. The van der Waals surface area contributed by atoms with Crippen molar-refractivity contribution in [1.82, 2.24) is 9.88 Å². The summed E-state index contributed by atoms with van der Waals surface area (Å²) in [5, 5.41) is 3.28. The van der Waals surface area contributed by atoms with Crippen LogP contribution in [0.25, 0.3) is 0 Å². The van der Waals surface area contributed by atoms with Gasteiger partial charge in [0.05, 0.1) is 23.2 Å². The third-order valence-corrected chi connectivity index (χ3v) is 4.85. The molecule has 0 aromatic carbocycles. The summed E-state index contributed by atoms with van der Waals surface area (Å²) in [7, 11) is 1.77. The van der Waals surface area contributed by atoms with E-state index in [4.69, 9.17) is 16.3 Å². The number of halogens is 1. The maximum absolute atomic E-state index is 5.77. The molecule has 1 heterocycles. The van der Waals surface area contributed by atoms with Crippen molar-refractivity contribution in [1.29, 1.82) is 0 Å². The van der Waals surface area contributed by atoms with E-state index in [1.54, 1.807) is 18.4 Å². The number of aromatic nitrogens is 1. The van der Waals surface area contributed by atoms with Gasteiger partial charge in [0.2, 0.25) is 0 Å². The Morgan fingerprint density at radius 1 is 1.40 bits per heavy atom. The molecule has 116 valence electrons. The monoisotopic (exact) mass is 318 g/mol. The highest BCUT2D eigenvalue weighted by atomic mass is 35.5. The summed E-state index contributed by atoms with van der Waals surface area (Å²) in [5.74, 6) is 0.523. The maximum Gasteiger partial charge on any atom is 0.0928 e. The third kappa shape index (κ3) is 6.53. The van der Waals surface area contributed by atoms with E-state index in [0.29, 0.717) is 11.9 Å². The highest BCUT2D eigenvalue weighted by Crippen LogP contribution is 2.14. The van der Waals surface area contributed by atoms with Crippen LogP contribution in [0.2, 0.25) is 0 Å². The van der Waals surface area contributed by atoms with Crippen LogP contribution < -0.4 is 0 Å². The normalized spacial score (nSPS) is 13.1. The lowest BCUT2D eigenvalue weighted by Gasteiger charge is -2.28. The molecule has 1 unspecified atom stereocenters. The smallest absolute Gasteiger partial charge is 0.0928 e. The van der Waals surface area contributed by atoms with E-state index in [0.717, 1.165) is 31.8 Å². The van der Waals surface area contributed by atoms with E-state index < -0.39 is 0 Å². The Bertz CT molecular complexity index is 359. The molecule has 1 aromatic heterocycles. The predicted molar refractivity (Wildman–Crippen MR) is 87.8 cm³/mol. The van der Waals surface area contributed by atoms with Gasteiger partial charge >= 0.3 is 0 Å². The molecule has 0 saturated heterocycles. The van der Waals surface area contributed by atoms with Crippen LogP contribution in [-0.4, -0.2) is 42.7 Å². The van der Waals surface area contributed by atoms with Gasteiger partial charge < -0.3 is 4.74 Å². The minimum Gasteiger partial charge on any atom is -0.383 e.